The van der Waals surface area contributed by atoms with Gasteiger partial charge in [-0.25, -0.2) is 23.3 Å². The third-order valence-electron chi connectivity index (χ3n) is 3.89. The highest BCUT2D eigenvalue weighted by molar-refractivity contribution is 5.63. The summed E-state index contributed by atoms with van der Waals surface area (Å²) in [7, 11) is 0. The summed E-state index contributed by atoms with van der Waals surface area (Å²) in [5.41, 5.74) is 5.79. The number of hydrogen-bond donors (Lipinski definition) is 4. The zero-order valence-electron chi connectivity index (χ0n) is 13.1. The first-order valence-corrected chi connectivity index (χ1v) is 7.59. The molecule has 0 radical (unpaired) electrons. The Balaban J connectivity index is 1.89. The van der Waals surface area contributed by atoms with E-state index in [0.29, 0.717) is 11.8 Å². The average Bonchev–Trinajstić information content (AvgIpc) is 3.30. The Morgan fingerprint density at radius 3 is 2.58 bits per heavy atom. The molecule has 1 aliphatic carbocycles. The molecule has 4 rings (SSSR count). The minimum absolute atomic E-state index is 0.0249. The van der Waals surface area contributed by atoms with Gasteiger partial charge in [0.1, 0.15) is 17.1 Å². The number of fused-ring (bicyclic) bond motifs is 1. The van der Waals surface area contributed by atoms with Crippen molar-refractivity contribution in [1.82, 2.24) is 19.6 Å². The molecule has 0 spiro atoms. The molecule has 0 aromatic carbocycles. The van der Waals surface area contributed by atoms with Crippen LogP contribution in [0.3, 0.4) is 0 Å². The summed E-state index contributed by atoms with van der Waals surface area (Å²) in [6.45, 7) is 0. The van der Waals surface area contributed by atoms with Crippen molar-refractivity contribution in [2.45, 2.75) is 24.9 Å². The lowest BCUT2D eigenvalue weighted by molar-refractivity contribution is -0.419. The molecule has 1 fully saturated rings. The summed E-state index contributed by atoms with van der Waals surface area (Å²) in [6, 6.07) is 1.93. The largest absolute Gasteiger partial charge is 0.453 e. The highest BCUT2D eigenvalue weighted by Gasteiger charge is 2.33. The summed E-state index contributed by atoms with van der Waals surface area (Å²) in [6.07, 6.45) is -0.553. The van der Waals surface area contributed by atoms with Crippen molar-refractivity contribution in [2.24, 2.45) is 0 Å². The van der Waals surface area contributed by atoms with Crippen molar-refractivity contribution in [3.8, 4) is 17.1 Å². The van der Waals surface area contributed by atoms with Gasteiger partial charge in [0.05, 0.1) is 6.20 Å². The van der Waals surface area contributed by atoms with Gasteiger partial charge in [-0.05, 0) is 12.8 Å². The molecular weight excluding hydrogens is 352 g/mol. The third kappa shape index (κ3) is 2.92. The SMILES string of the molecule is Nc1nc(-c2cnc3cc(OC(O)(O)O)c(C4CC4)nn23)c(F)cc1F. The Hall–Kier alpha value is -2.89. The van der Waals surface area contributed by atoms with Gasteiger partial charge in [0.25, 0.3) is 0 Å². The molecule has 1 aliphatic rings. The monoisotopic (exact) mass is 365 g/mol. The number of hydrogen-bond acceptors (Lipinski definition) is 8. The van der Waals surface area contributed by atoms with Crippen LogP contribution in [0, 0.1) is 11.6 Å². The highest BCUT2D eigenvalue weighted by atomic mass is 19.1. The topological polar surface area (TPSA) is 139 Å². The van der Waals surface area contributed by atoms with Crippen LogP contribution in [0.4, 0.5) is 14.6 Å². The van der Waals surface area contributed by atoms with E-state index < -0.39 is 23.6 Å². The first kappa shape index (κ1) is 16.6. The van der Waals surface area contributed by atoms with Crippen LogP contribution < -0.4 is 10.5 Å². The van der Waals surface area contributed by atoms with Gasteiger partial charge in [-0.15, -0.1) is 0 Å². The Labute approximate surface area is 144 Å². The number of nitrogen functional groups attached to an aromatic ring is 1. The van der Waals surface area contributed by atoms with E-state index in [9.17, 15) is 8.78 Å². The maximum atomic E-state index is 14.1. The molecule has 5 N–H and O–H groups in total. The number of ether oxygens (including phenoxy) is 1. The Kier molecular flexibility index (Phi) is 3.54. The maximum absolute atomic E-state index is 14.1. The normalized spacial score (nSPS) is 14.8. The van der Waals surface area contributed by atoms with E-state index >= 15 is 0 Å². The number of nitrogens with two attached hydrogens (primary N) is 1. The number of aromatic nitrogens is 4. The number of halogens is 2. The van der Waals surface area contributed by atoms with Gasteiger partial charge in [0.15, 0.2) is 28.8 Å². The average molecular weight is 365 g/mol. The molecule has 3 aromatic rings. The van der Waals surface area contributed by atoms with E-state index in [4.69, 9.17) is 25.8 Å². The zero-order valence-corrected chi connectivity index (χ0v) is 13.1. The molecule has 3 heterocycles. The second-order valence-corrected chi connectivity index (χ2v) is 5.94. The molecule has 11 heteroatoms. The van der Waals surface area contributed by atoms with Crippen LogP contribution in [0.2, 0.25) is 0 Å². The number of anilines is 1. The third-order valence-corrected chi connectivity index (χ3v) is 3.89. The first-order chi connectivity index (χ1) is 12.2. The number of pyridine rings is 1. The quantitative estimate of drug-likeness (QED) is 0.490. The molecule has 136 valence electrons. The van der Waals surface area contributed by atoms with Crippen molar-refractivity contribution < 1.29 is 28.8 Å². The lowest BCUT2D eigenvalue weighted by atomic mass is 10.2. The van der Waals surface area contributed by atoms with Crippen LogP contribution in [-0.2, 0) is 0 Å². The van der Waals surface area contributed by atoms with Gasteiger partial charge in [0, 0.05) is 18.1 Å². The van der Waals surface area contributed by atoms with Gasteiger partial charge < -0.3 is 25.8 Å². The lowest BCUT2D eigenvalue weighted by Gasteiger charge is -2.17. The molecule has 0 atom stereocenters. The molecule has 0 saturated heterocycles. The Morgan fingerprint density at radius 1 is 1.19 bits per heavy atom. The predicted octanol–water partition coefficient (Wildman–Crippen LogP) is 0.496. The van der Waals surface area contributed by atoms with E-state index in [1.807, 2.05) is 0 Å². The van der Waals surface area contributed by atoms with Crippen molar-refractivity contribution >= 4 is 11.5 Å². The van der Waals surface area contributed by atoms with Crippen molar-refractivity contribution in [3.05, 3.63) is 35.7 Å². The lowest BCUT2D eigenvalue weighted by Crippen LogP contribution is -2.35. The number of rotatable bonds is 4. The summed E-state index contributed by atoms with van der Waals surface area (Å²) in [4.78, 5) is 7.75. The Morgan fingerprint density at radius 2 is 1.92 bits per heavy atom. The molecule has 0 bridgehead atoms. The second-order valence-electron chi connectivity index (χ2n) is 5.94. The second kappa shape index (κ2) is 5.56. The standard InChI is InChI=1S/C15H13F2N5O4/c16-7-3-8(17)14(18)20-13(7)9-5-19-11-4-10(26-15(23,24)25)12(6-1-2-6)21-22(9)11/h3-6,23-25H,1-2H2,(H2,18,20). The van der Waals surface area contributed by atoms with Crippen LogP contribution in [0.1, 0.15) is 24.5 Å². The molecule has 9 nitrogen and oxygen atoms in total. The van der Waals surface area contributed by atoms with E-state index in [0.717, 1.165) is 12.8 Å². The Bertz CT molecular complexity index is 1010. The van der Waals surface area contributed by atoms with E-state index in [1.54, 1.807) is 0 Å². The number of nitrogens with zero attached hydrogens (tertiary/aromatic N) is 4. The minimum Gasteiger partial charge on any atom is -0.415 e. The van der Waals surface area contributed by atoms with Gasteiger partial charge in [-0.2, -0.15) is 5.10 Å². The fourth-order valence-corrected chi connectivity index (χ4v) is 2.60. The van der Waals surface area contributed by atoms with E-state index in [1.165, 1.54) is 16.8 Å². The summed E-state index contributed by atoms with van der Waals surface area (Å²) >= 11 is 0. The fourth-order valence-electron chi connectivity index (χ4n) is 2.60. The van der Waals surface area contributed by atoms with Gasteiger partial charge in [-0.3, -0.25) is 0 Å². The number of imidazole rings is 1. The van der Waals surface area contributed by atoms with Crippen LogP contribution >= 0.6 is 0 Å². The summed E-state index contributed by atoms with van der Waals surface area (Å²) in [5, 5.41) is 31.5. The first-order valence-electron chi connectivity index (χ1n) is 7.59. The van der Waals surface area contributed by atoms with Crippen molar-refractivity contribution in [2.75, 3.05) is 5.73 Å². The van der Waals surface area contributed by atoms with Crippen LogP contribution in [0.25, 0.3) is 17.0 Å². The van der Waals surface area contributed by atoms with Crippen molar-refractivity contribution in [1.29, 1.82) is 0 Å². The number of aliphatic hydroxyl groups is 3. The molecule has 1 saturated carbocycles. The molecule has 0 unspecified atom stereocenters. The molecule has 26 heavy (non-hydrogen) atoms. The fraction of sp³-hybridized carbons (Fsp3) is 0.267. The van der Waals surface area contributed by atoms with Gasteiger partial charge in [-0.1, -0.05) is 0 Å². The zero-order chi connectivity index (χ0) is 18.6. The summed E-state index contributed by atoms with van der Waals surface area (Å²) < 4.78 is 33.5. The molecule has 0 aliphatic heterocycles. The van der Waals surface area contributed by atoms with E-state index in [-0.39, 0.29) is 28.7 Å². The molecular formula is C15H13F2N5O4. The molecule has 3 aromatic heterocycles. The highest BCUT2D eigenvalue weighted by Crippen LogP contribution is 2.44. The smallest absolute Gasteiger partial charge is 0.415 e. The molecule has 0 amide bonds. The van der Waals surface area contributed by atoms with Crippen molar-refractivity contribution in [3.63, 3.8) is 0 Å². The van der Waals surface area contributed by atoms with Crippen LogP contribution in [-0.4, -0.2) is 41.1 Å². The van der Waals surface area contributed by atoms with Gasteiger partial charge in [0.2, 0.25) is 0 Å². The minimum atomic E-state index is -3.38. The summed E-state index contributed by atoms with van der Waals surface area (Å²) in [5.74, 6) is -2.48. The maximum Gasteiger partial charge on any atom is 0.453 e. The van der Waals surface area contributed by atoms with E-state index in [2.05, 4.69) is 15.1 Å². The van der Waals surface area contributed by atoms with Crippen LogP contribution in [0.15, 0.2) is 18.3 Å². The predicted molar refractivity (Wildman–Crippen MR) is 82.5 cm³/mol. The van der Waals surface area contributed by atoms with Crippen LogP contribution in [0.5, 0.6) is 5.75 Å². The van der Waals surface area contributed by atoms with Gasteiger partial charge >= 0.3 is 6.16 Å².